The Morgan fingerprint density at radius 1 is 0.850 bits per heavy atom. The molecule has 0 unspecified atom stereocenters. The molecule has 0 atom stereocenters. The molecule has 0 heterocycles. The number of benzene rings is 3. The number of carbonyl (C=O) groups excluding carboxylic acids is 1. The van der Waals surface area contributed by atoms with Gasteiger partial charge in [0.2, 0.25) is 0 Å². The highest BCUT2D eigenvalue weighted by atomic mass is 16.3. The number of anilines is 1. The van der Waals surface area contributed by atoms with Crippen molar-refractivity contribution in [2.45, 2.75) is 0 Å². The highest BCUT2D eigenvalue weighted by Crippen LogP contribution is 2.23. The molecule has 0 spiro atoms. The van der Waals surface area contributed by atoms with E-state index < -0.39 is 0 Å². The van der Waals surface area contributed by atoms with Gasteiger partial charge in [0.25, 0.3) is 5.91 Å². The van der Waals surface area contributed by atoms with Gasteiger partial charge in [0.15, 0.2) is 0 Å². The highest BCUT2D eigenvalue weighted by molar-refractivity contribution is 6.08. The first-order chi connectivity index (χ1) is 9.74. The number of nitrogens with one attached hydrogen (secondary N) is 1. The predicted molar refractivity (Wildman–Crippen MR) is 77.8 cm³/mol. The van der Waals surface area contributed by atoms with Crippen molar-refractivity contribution in [3.63, 3.8) is 0 Å². The zero-order chi connectivity index (χ0) is 13.9. The summed E-state index contributed by atoms with van der Waals surface area (Å²) in [6.45, 7) is 0. The Morgan fingerprint density at radius 3 is 2.15 bits per heavy atom. The second-order valence-corrected chi connectivity index (χ2v) is 4.52. The van der Waals surface area contributed by atoms with Crippen LogP contribution in [0, 0.1) is 0 Å². The van der Waals surface area contributed by atoms with Gasteiger partial charge in [-0.2, -0.15) is 0 Å². The second-order valence-electron chi connectivity index (χ2n) is 4.52. The van der Waals surface area contributed by atoms with Gasteiger partial charge in [0, 0.05) is 11.3 Å². The number of rotatable bonds is 2. The lowest BCUT2D eigenvalue weighted by Crippen LogP contribution is -2.14. The van der Waals surface area contributed by atoms with E-state index in [2.05, 4.69) is 5.32 Å². The van der Waals surface area contributed by atoms with Crippen LogP contribution in [0.3, 0.4) is 0 Å². The molecule has 3 heteroatoms. The first-order valence-corrected chi connectivity index (χ1v) is 6.30. The Balaban J connectivity index is 1.97. The van der Waals surface area contributed by atoms with Crippen LogP contribution in [-0.2, 0) is 0 Å². The number of amides is 1. The van der Waals surface area contributed by atoms with Crippen molar-refractivity contribution in [3.8, 4) is 5.75 Å². The zero-order valence-electron chi connectivity index (χ0n) is 10.7. The van der Waals surface area contributed by atoms with Crippen LogP contribution >= 0.6 is 0 Å². The Kier molecular flexibility index (Phi) is 3.09. The van der Waals surface area contributed by atoms with E-state index in [0.29, 0.717) is 5.69 Å². The molecular formula is C17H12NO2-. The summed E-state index contributed by atoms with van der Waals surface area (Å²) in [5.41, 5.74) is 0.831. The molecule has 3 rings (SSSR count). The molecule has 3 aromatic rings. The fraction of sp³-hybridized carbons (Fsp3) is 0. The molecule has 20 heavy (non-hydrogen) atoms. The van der Waals surface area contributed by atoms with Crippen LogP contribution in [0.2, 0.25) is 0 Å². The quantitative estimate of drug-likeness (QED) is 0.771. The SMILES string of the molecule is O=C(Nc1ccccc1)c1cc2ccccc2cc1[O-]. The molecule has 3 aromatic carbocycles. The van der Waals surface area contributed by atoms with Gasteiger partial charge >= 0.3 is 0 Å². The average Bonchev–Trinajstić information content (AvgIpc) is 2.47. The maximum absolute atomic E-state index is 12.2. The number of fused-ring (bicyclic) bond motifs is 1. The van der Waals surface area contributed by atoms with E-state index in [0.717, 1.165) is 10.8 Å². The van der Waals surface area contributed by atoms with Crippen molar-refractivity contribution < 1.29 is 9.90 Å². The second kappa shape index (κ2) is 5.05. The summed E-state index contributed by atoms with van der Waals surface area (Å²) < 4.78 is 0. The first-order valence-electron chi connectivity index (χ1n) is 6.30. The standard InChI is InChI=1S/C17H13NO2/c19-16-11-13-7-5-4-6-12(13)10-15(16)17(20)18-14-8-2-1-3-9-14/h1-11,19H,(H,18,20)/p-1. The predicted octanol–water partition coefficient (Wildman–Crippen LogP) is 3.17. The maximum atomic E-state index is 12.2. The summed E-state index contributed by atoms with van der Waals surface area (Å²) in [6, 6.07) is 19.7. The van der Waals surface area contributed by atoms with Crippen LogP contribution in [0.4, 0.5) is 5.69 Å². The van der Waals surface area contributed by atoms with Crippen LogP contribution in [0.1, 0.15) is 10.4 Å². The molecule has 0 aliphatic rings. The third kappa shape index (κ3) is 2.34. The molecule has 1 N–H and O–H groups in total. The van der Waals surface area contributed by atoms with Gasteiger partial charge in [-0.25, -0.2) is 0 Å². The fourth-order valence-corrected chi connectivity index (χ4v) is 2.12. The molecule has 3 nitrogen and oxygen atoms in total. The van der Waals surface area contributed by atoms with Crippen molar-refractivity contribution in [3.05, 3.63) is 72.3 Å². The van der Waals surface area contributed by atoms with Gasteiger partial charge in [-0.3, -0.25) is 4.79 Å². The van der Waals surface area contributed by atoms with Crippen LogP contribution < -0.4 is 10.4 Å². The largest absolute Gasteiger partial charge is 0.872 e. The van der Waals surface area contributed by atoms with Crippen molar-refractivity contribution >= 4 is 22.4 Å². The smallest absolute Gasteiger partial charge is 0.255 e. The van der Waals surface area contributed by atoms with Crippen molar-refractivity contribution in [2.75, 3.05) is 5.32 Å². The lowest BCUT2D eigenvalue weighted by atomic mass is 10.1. The molecule has 0 aromatic heterocycles. The first kappa shape index (κ1) is 12.2. The zero-order valence-corrected chi connectivity index (χ0v) is 10.7. The summed E-state index contributed by atoms with van der Waals surface area (Å²) in [6.07, 6.45) is 0. The van der Waals surface area contributed by atoms with Crippen LogP contribution in [0.15, 0.2) is 66.7 Å². The molecule has 0 bridgehead atoms. The van der Waals surface area contributed by atoms with Gasteiger partial charge in [0.1, 0.15) is 0 Å². The normalized spacial score (nSPS) is 10.4. The molecule has 0 saturated carbocycles. The van der Waals surface area contributed by atoms with E-state index in [9.17, 15) is 9.90 Å². The highest BCUT2D eigenvalue weighted by Gasteiger charge is 2.08. The average molecular weight is 262 g/mol. The number of para-hydroxylation sites is 1. The van der Waals surface area contributed by atoms with Crippen molar-refractivity contribution in [1.29, 1.82) is 0 Å². The molecular weight excluding hydrogens is 250 g/mol. The van der Waals surface area contributed by atoms with Crippen LogP contribution in [-0.4, -0.2) is 5.91 Å². The molecule has 0 saturated heterocycles. The van der Waals surface area contributed by atoms with Gasteiger partial charge in [-0.1, -0.05) is 54.3 Å². The van der Waals surface area contributed by atoms with Gasteiger partial charge < -0.3 is 10.4 Å². The number of hydrogen-bond acceptors (Lipinski definition) is 2. The molecule has 1 amide bonds. The Morgan fingerprint density at radius 2 is 1.45 bits per heavy atom. The van der Waals surface area contributed by atoms with E-state index in [-0.39, 0.29) is 17.2 Å². The number of hydrogen-bond donors (Lipinski definition) is 1. The van der Waals surface area contributed by atoms with Gasteiger partial charge in [-0.15, -0.1) is 0 Å². The minimum atomic E-state index is -0.382. The summed E-state index contributed by atoms with van der Waals surface area (Å²) >= 11 is 0. The van der Waals surface area contributed by atoms with Gasteiger partial charge in [-0.05, 0) is 29.0 Å². The van der Waals surface area contributed by atoms with E-state index in [4.69, 9.17) is 0 Å². The Bertz CT molecular complexity index is 766. The molecule has 0 radical (unpaired) electrons. The Hall–Kier alpha value is -2.81. The summed E-state index contributed by atoms with van der Waals surface area (Å²) in [7, 11) is 0. The maximum Gasteiger partial charge on any atom is 0.255 e. The molecule has 0 aliphatic carbocycles. The van der Waals surface area contributed by atoms with Crippen molar-refractivity contribution in [2.24, 2.45) is 0 Å². The minimum Gasteiger partial charge on any atom is -0.872 e. The minimum absolute atomic E-state index is 0.160. The Labute approximate surface area is 116 Å². The monoisotopic (exact) mass is 262 g/mol. The molecule has 98 valence electrons. The topological polar surface area (TPSA) is 52.2 Å². The van der Waals surface area contributed by atoms with Crippen molar-refractivity contribution in [1.82, 2.24) is 0 Å². The third-order valence-electron chi connectivity index (χ3n) is 3.12. The van der Waals surface area contributed by atoms with Gasteiger partial charge in [0.05, 0.1) is 0 Å². The van der Waals surface area contributed by atoms with E-state index >= 15 is 0 Å². The summed E-state index contributed by atoms with van der Waals surface area (Å²) in [5, 5.41) is 16.5. The molecule has 0 aliphatic heterocycles. The van der Waals surface area contributed by atoms with Crippen LogP contribution in [0.25, 0.3) is 10.8 Å². The van der Waals surface area contributed by atoms with Crippen LogP contribution in [0.5, 0.6) is 5.75 Å². The number of carbonyl (C=O) groups is 1. The van der Waals surface area contributed by atoms with E-state index in [1.807, 2.05) is 42.5 Å². The lowest BCUT2D eigenvalue weighted by molar-refractivity contribution is -0.268. The lowest BCUT2D eigenvalue weighted by Gasteiger charge is -2.15. The third-order valence-corrected chi connectivity index (χ3v) is 3.12. The summed E-state index contributed by atoms with van der Waals surface area (Å²) in [5.74, 6) is -0.649. The van der Waals surface area contributed by atoms with E-state index in [1.54, 1.807) is 18.2 Å². The fourth-order valence-electron chi connectivity index (χ4n) is 2.12. The molecule has 0 fully saturated rings. The van der Waals surface area contributed by atoms with E-state index in [1.165, 1.54) is 6.07 Å². The summed E-state index contributed by atoms with van der Waals surface area (Å²) in [4.78, 5) is 12.2.